The van der Waals surface area contributed by atoms with Gasteiger partial charge >= 0.3 is 0 Å². The predicted octanol–water partition coefficient (Wildman–Crippen LogP) is 5.95. The van der Waals surface area contributed by atoms with E-state index in [1.165, 1.54) is 6.07 Å². The Bertz CT molecular complexity index is 1380. The van der Waals surface area contributed by atoms with Gasteiger partial charge in [0.25, 0.3) is 0 Å². The first-order chi connectivity index (χ1) is 18.6. The largest absolute Gasteiger partial charge is 0.490 e. The van der Waals surface area contributed by atoms with E-state index < -0.39 is 5.92 Å². The lowest BCUT2D eigenvalue weighted by Crippen LogP contribution is -2.43. The fourth-order valence-electron chi connectivity index (χ4n) is 5.27. The van der Waals surface area contributed by atoms with E-state index in [0.717, 1.165) is 5.70 Å². The second-order valence-electron chi connectivity index (χ2n) is 10.4. The van der Waals surface area contributed by atoms with Crippen LogP contribution in [0.1, 0.15) is 50.7 Å². The summed E-state index contributed by atoms with van der Waals surface area (Å²) in [7, 11) is 1.60. The van der Waals surface area contributed by atoms with Crippen molar-refractivity contribution in [1.29, 1.82) is 5.26 Å². The topological polar surface area (TPSA) is 97.8 Å². The molecule has 0 radical (unpaired) electrons. The Labute approximate surface area is 237 Å². The van der Waals surface area contributed by atoms with Crippen molar-refractivity contribution in [2.24, 2.45) is 11.1 Å². The number of nitrogens with two attached hydrogens (primary N) is 1. The van der Waals surface area contributed by atoms with Gasteiger partial charge in [0.15, 0.2) is 17.3 Å². The van der Waals surface area contributed by atoms with Crippen molar-refractivity contribution in [3.8, 4) is 17.6 Å². The minimum atomic E-state index is -0.663. The van der Waals surface area contributed by atoms with Crippen molar-refractivity contribution in [3.63, 3.8) is 0 Å². The van der Waals surface area contributed by atoms with Crippen molar-refractivity contribution in [2.45, 2.75) is 46.1 Å². The van der Waals surface area contributed by atoms with Gasteiger partial charge in [-0.3, -0.25) is 4.79 Å². The van der Waals surface area contributed by atoms with Crippen molar-refractivity contribution < 1.29 is 23.4 Å². The number of Topliss-reactive ketones (excluding diaryl/α,β-unsaturated/α-hetero) is 1. The number of allylic oxidation sites excluding steroid dienone is 3. The Morgan fingerprint density at radius 2 is 1.97 bits per heavy atom. The van der Waals surface area contributed by atoms with Crippen LogP contribution in [0.4, 0.5) is 4.39 Å². The summed E-state index contributed by atoms with van der Waals surface area (Å²) >= 11 is 3.59. The Kier molecular flexibility index (Phi) is 8.67. The van der Waals surface area contributed by atoms with Crippen LogP contribution in [0.25, 0.3) is 0 Å². The summed E-state index contributed by atoms with van der Waals surface area (Å²) in [4.78, 5) is 15.5. The van der Waals surface area contributed by atoms with Crippen LogP contribution < -0.4 is 15.2 Å². The second kappa shape index (κ2) is 11.8. The third kappa shape index (κ3) is 5.82. The van der Waals surface area contributed by atoms with E-state index >= 15 is 0 Å². The maximum Gasteiger partial charge on any atom is 0.175 e. The molecule has 0 aromatic heterocycles. The lowest BCUT2D eigenvalue weighted by Gasteiger charge is -2.43. The van der Waals surface area contributed by atoms with Gasteiger partial charge in [-0.05, 0) is 58.5 Å². The zero-order valence-electron chi connectivity index (χ0n) is 22.6. The molecule has 0 fully saturated rings. The van der Waals surface area contributed by atoms with Gasteiger partial charge in [0.05, 0.1) is 35.2 Å². The van der Waals surface area contributed by atoms with Crippen LogP contribution in [0.3, 0.4) is 0 Å². The normalized spacial score (nSPS) is 18.6. The van der Waals surface area contributed by atoms with Crippen LogP contribution in [-0.4, -0.2) is 37.6 Å². The molecule has 9 heteroatoms. The monoisotopic (exact) mass is 597 g/mol. The fourth-order valence-corrected chi connectivity index (χ4v) is 5.84. The number of carbonyl (C=O) groups excluding carboxylic acids is 1. The van der Waals surface area contributed by atoms with Gasteiger partial charge < -0.3 is 24.8 Å². The maximum absolute atomic E-state index is 14.2. The Balaban J connectivity index is 1.83. The summed E-state index contributed by atoms with van der Waals surface area (Å²) in [6, 6.07) is 12.3. The third-order valence-corrected chi connectivity index (χ3v) is 7.59. The summed E-state index contributed by atoms with van der Waals surface area (Å²) in [5.74, 6) is 0.105. The average molecular weight is 599 g/mol. The van der Waals surface area contributed by atoms with Crippen LogP contribution in [0.5, 0.6) is 11.5 Å². The number of nitrogens with zero attached hydrogens (tertiary/aromatic N) is 2. The van der Waals surface area contributed by atoms with Gasteiger partial charge in [0.2, 0.25) is 0 Å². The number of carbonyl (C=O) groups is 1. The van der Waals surface area contributed by atoms with E-state index in [-0.39, 0.29) is 23.6 Å². The quantitative estimate of drug-likeness (QED) is 0.381. The maximum atomic E-state index is 14.2. The predicted molar refractivity (Wildman–Crippen MR) is 149 cm³/mol. The standard InChI is InChI=1S/C30H33BrFN3O4/c1-5-38-25-13-19(12-21(31)28(25)39-17-18-8-6-7-9-22(18)32)26-20(16-33)29(34)35(10-11-37-4)23-14-30(2,3)15-24(36)27(23)26/h6-9,12-13,26H,5,10-11,14-15,17,34H2,1-4H3/t26-/m1/s1. The molecule has 0 amide bonds. The van der Waals surface area contributed by atoms with Crippen molar-refractivity contribution in [3.05, 3.63) is 80.5 Å². The van der Waals surface area contributed by atoms with Gasteiger partial charge in [0.1, 0.15) is 18.2 Å². The van der Waals surface area contributed by atoms with E-state index in [9.17, 15) is 14.4 Å². The number of rotatable bonds is 9. The minimum absolute atomic E-state index is 0.00173. The molecule has 206 valence electrons. The highest BCUT2D eigenvalue weighted by atomic mass is 79.9. The molecule has 2 N–H and O–H groups in total. The molecule has 1 aliphatic heterocycles. The molecule has 2 aromatic carbocycles. The number of methoxy groups -OCH3 is 1. The molecule has 0 bridgehead atoms. The molecule has 0 unspecified atom stereocenters. The molecule has 1 heterocycles. The number of ketones is 1. The summed E-state index contributed by atoms with van der Waals surface area (Å²) < 4.78 is 32.0. The SMILES string of the molecule is CCOc1cc([C@@H]2C(C#N)=C(N)N(CCOC)C3=C2C(=O)CC(C)(C)C3)cc(Br)c1OCc1ccccc1F. The van der Waals surface area contributed by atoms with Crippen molar-refractivity contribution >= 4 is 21.7 Å². The number of benzene rings is 2. The van der Waals surface area contributed by atoms with Gasteiger partial charge in [-0.2, -0.15) is 5.26 Å². The molecule has 0 saturated carbocycles. The minimum Gasteiger partial charge on any atom is -0.490 e. The molecule has 0 saturated heterocycles. The van der Waals surface area contributed by atoms with Crippen LogP contribution >= 0.6 is 15.9 Å². The Morgan fingerprint density at radius 3 is 2.64 bits per heavy atom. The van der Waals surface area contributed by atoms with Crippen molar-refractivity contribution in [1.82, 2.24) is 4.90 Å². The van der Waals surface area contributed by atoms with Crippen molar-refractivity contribution in [2.75, 3.05) is 26.9 Å². The molecule has 7 nitrogen and oxygen atoms in total. The number of nitriles is 1. The molecule has 0 spiro atoms. The van der Waals surface area contributed by atoms with Gasteiger partial charge in [0, 0.05) is 36.9 Å². The van der Waals surface area contributed by atoms with Crippen LogP contribution in [0.15, 0.2) is 63.5 Å². The lowest BCUT2D eigenvalue weighted by atomic mass is 9.68. The Morgan fingerprint density at radius 1 is 1.23 bits per heavy atom. The highest BCUT2D eigenvalue weighted by Crippen LogP contribution is 2.50. The number of halogens is 2. The van der Waals surface area contributed by atoms with Gasteiger partial charge in [-0.15, -0.1) is 0 Å². The summed E-state index contributed by atoms with van der Waals surface area (Å²) in [6.45, 7) is 7.14. The molecule has 1 atom stereocenters. The average Bonchev–Trinajstić information content (AvgIpc) is 2.87. The van der Waals surface area contributed by atoms with E-state index in [1.54, 1.807) is 31.4 Å². The van der Waals surface area contributed by atoms with E-state index in [2.05, 4.69) is 35.8 Å². The molecule has 1 aliphatic carbocycles. The zero-order valence-corrected chi connectivity index (χ0v) is 24.2. The van der Waals surface area contributed by atoms with Crippen LogP contribution in [0.2, 0.25) is 0 Å². The smallest absolute Gasteiger partial charge is 0.175 e. The fraction of sp³-hybridized carbons (Fsp3) is 0.400. The van der Waals surface area contributed by atoms with E-state index in [1.807, 2.05) is 17.9 Å². The first kappa shape index (κ1) is 28.7. The molecule has 39 heavy (non-hydrogen) atoms. The summed E-state index contributed by atoms with van der Waals surface area (Å²) in [6.07, 6.45) is 0.999. The van der Waals surface area contributed by atoms with Gasteiger partial charge in [-0.25, -0.2) is 4.39 Å². The third-order valence-electron chi connectivity index (χ3n) is 7.00. The first-order valence-corrected chi connectivity index (χ1v) is 13.7. The summed E-state index contributed by atoms with van der Waals surface area (Å²) in [5.41, 5.74) is 9.14. The zero-order chi connectivity index (χ0) is 28.3. The highest BCUT2D eigenvalue weighted by Gasteiger charge is 2.44. The van der Waals surface area contributed by atoms with Crippen LogP contribution in [-0.2, 0) is 16.1 Å². The highest BCUT2D eigenvalue weighted by molar-refractivity contribution is 9.10. The second-order valence-corrected chi connectivity index (χ2v) is 11.3. The van der Waals surface area contributed by atoms with E-state index in [0.29, 0.717) is 76.7 Å². The van der Waals surface area contributed by atoms with Gasteiger partial charge in [-0.1, -0.05) is 32.0 Å². The lowest BCUT2D eigenvalue weighted by molar-refractivity contribution is -0.118. The van der Waals surface area contributed by atoms with E-state index in [4.69, 9.17) is 19.9 Å². The molecule has 4 rings (SSSR count). The molecule has 2 aliphatic rings. The number of ether oxygens (including phenoxy) is 3. The number of hydrogen-bond donors (Lipinski definition) is 1. The number of hydrogen-bond acceptors (Lipinski definition) is 7. The first-order valence-electron chi connectivity index (χ1n) is 12.9. The molecular formula is C30H33BrFN3O4. The summed E-state index contributed by atoms with van der Waals surface area (Å²) in [5, 5.41) is 10.3. The Hall–Kier alpha value is -3.35. The van der Waals surface area contributed by atoms with Crippen LogP contribution in [0, 0.1) is 22.6 Å². The molecule has 2 aromatic rings. The molecular weight excluding hydrogens is 565 g/mol.